The van der Waals surface area contributed by atoms with Crippen molar-refractivity contribution >= 4 is 11.8 Å². The Morgan fingerprint density at radius 3 is 2.84 bits per heavy atom. The van der Waals surface area contributed by atoms with Gasteiger partial charge in [0.05, 0.1) is 24.3 Å². The Labute approximate surface area is 147 Å². The molecule has 1 aromatic rings. The van der Waals surface area contributed by atoms with E-state index < -0.39 is 5.82 Å². The van der Waals surface area contributed by atoms with E-state index in [2.05, 4.69) is 6.92 Å². The van der Waals surface area contributed by atoms with Crippen LogP contribution < -0.4 is 4.74 Å². The van der Waals surface area contributed by atoms with Gasteiger partial charge in [0.1, 0.15) is 11.6 Å². The van der Waals surface area contributed by atoms with Crippen LogP contribution in [0.5, 0.6) is 5.75 Å². The smallest absolute Gasteiger partial charge is 0.258 e. The number of nitrogens with zero attached hydrogens (tertiary/aromatic N) is 2. The number of likely N-dealkylation sites (N-methyl/N-ethyl adjacent to an activating group) is 1. The van der Waals surface area contributed by atoms with E-state index in [1.54, 1.807) is 4.90 Å². The highest BCUT2D eigenvalue weighted by Gasteiger charge is 2.48. The van der Waals surface area contributed by atoms with Crippen LogP contribution in [0.3, 0.4) is 0 Å². The summed E-state index contributed by atoms with van der Waals surface area (Å²) in [5, 5.41) is 0. The number of carbonyl (C=O) groups excluding carboxylic acids is 2. The standard InChI is InChI=1S/C19H25FN2O3/c1-19-10-4-5-11-22(16(19)8-9-17(23)21(19)2)18(24)14-12-13(20)6-7-15(14)25-3/h6-7,12,16H,4-5,8-11H2,1-3H3/t16-,19-/m0/s1. The van der Waals surface area contributed by atoms with E-state index in [9.17, 15) is 14.0 Å². The lowest BCUT2D eigenvalue weighted by molar-refractivity contribution is -0.143. The number of piperidine rings is 1. The number of ether oxygens (including phenoxy) is 1. The normalized spacial score (nSPS) is 26.9. The van der Waals surface area contributed by atoms with Crippen LogP contribution in [-0.2, 0) is 4.79 Å². The molecule has 2 heterocycles. The molecule has 5 nitrogen and oxygen atoms in total. The molecule has 2 fully saturated rings. The topological polar surface area (TPSA) is 49.9 Å². The predicted octanol–water partition coefficient (Wildman–Crippen LogP) is 2.84. The molecule has 2 aliphatic rings. The Morgan fingerprint density at radius 2 is 2.12 bits per heavy atom. The minimum atomic E-state index is -0.460. The minimum absolute atomic E-state index is 0.0711. The monoisotopic (exact) mass is 348 g/mol. The van der Waals surface area contributed by atoms with Crippen molar-refractivity contribution in [2.45, 2.75) is 50.6 Å². The maximum atomic E-state index is 13.7. The Hall–Kier alpha value is -2.11. The molecule has 2 amide bonds. The lowest BCUT2D eigenvalue weighted by Gasteiger charge is -2.51. The summed E-state index contributed by atoms with van der Waals surface area (Å²) in [4.78, 5) is 29.1. The van der Waals surface area contributed by atoms with Crippen molar-refractivity contribution < 1.29 is 18.7 Å². The molecule has 0 aromatic heterocycles. The Balaban J connectivity index is 1.99. The van der Waals surface area contributed by atoms with Crippen LogP contribution in [0, 0.1) is 5.82 Å². The molecule has 3 rings (SSSR count). The maximum Gasteiger partial charge on any atom is 0.258 e. The number of benzene rings is 1. The van der Waals surface area contributed by atoms with Gasteiger partial charge in [-0.15, -0.1) is 0 Å². The second-order valence-corrected chi connectivity index (χ2v) is 7.16. The van der Waals surface area contributed by atoms with Gasteiger partial charge in [0.15, 0.2) is 0 Å². The molecular formula is C19H25FN2O3. The largest absolute Gasteiger partial charge is 0.496 e. The molecule has 2 aliphatic heterocycles. The summed E-state index contributed by atoms with van der Waals surface area (Å²) in [6, 6.07) is 3.94. The summed E-state index contributed by atoms with van der Waals surface area (Å²) in [7, 11) is 3.30. The van der Waals surface area contributed by atoms with E-state index in [0.717, 1.165) is 19.3 Å². The van der Waals surface area contributed by atoms with Gasteiger partial charge in [-0.2, -0.15) is 0 Å². The van der Waals surface area contributed by atoms with Gasteiger partial charge in [-0.3, -0.25) is 9.59 Å². The van der Waals surface area contributed by atoms with Crippen LogP contribution >= 0.6 is 0 Å². The number of carbonyl (C=O) groups is 2. The van der Waals surface area contributed by atoms with Crippen molar-refractivity contribution in [3.05, 3.63) is 29.6 Å². The first-order chi connectivity index (χ1) is 11.9. The number of likely N-dealkylation sites (tertiary alicyclic amines) is 2. The number of hydrogen-bond acceptors (Lipinski definition) is 3. The summed E-state index contributed by atoms with van der Waals surface area (Å²) in [5.41, 5.74) is -0.145. The molecule has 0 bridgehead atoms. The van der Waals surface area contributed by atoms with Gasteiger partial charge in [0.25, 0.3) is 5.91 Å². The molecule has 0 saturated carbocycles. The van der Waals surface area contributed by atoms with E-state index in [-0.39, 0.29) is 29.0 Å². The van der Waals surface area contributed by atoms with Crippen LogP contribution in [0.1, 0.15) is 49.4 Å². The molecule has 2 saturated heterocycles. The Bertz CT molecular complexity index is 693. The lowest BCUT2D eigenvalue weighted by atomic mass is 9.79. The first-order valence-corrected chi connectivity index (χ1v) is 8.79. The van der Waals surface area contributed by atoms with Crippen LogP contribution in [0.15, 0.2) is 18.2 Å². The third-order valence-corrected chi connectivity index (χ3v) is 5.85. The molecule has 25 heavy (non-hydrogen) atoms. The molecule has 1 aromatic carbocycles. The fraction of sp³-hybridized carbons (Fsp3) is 0.579. The Morgan fingerprint density at radius 1 is 1.36 bits per heavy atom. The quantitative estimate of drug-likeness (QED) is 0.826. The molecule has 0 spiro atoms. The molecule has 136 valence electrons. The first kappa shape index (κ1) is 17.7. The summed E-state index contributed by atoms with van der Waals surface area (Å²) in [5.74, 6) is -0.191. The summed E-state index contributed by atoms with van der Waals surface area (Å²) >= 11 is 0. The predicted molar refractivity (Wildman–Crippen MR) is 92.0 cm³/mol. The van der Waals surface area contributed by atoms with E-state index >= 15 is 0 Å². The van der Waals surface area contributed by atoms with Crippen molar-refractivity contribution in [2.24, 2.45) is 0 Å². The Kier molecular flexibility index (Phi) is 4.71. The van der Waals surface area contributed by atoms with Crippen LogP contribution in [0.2, 0.25) is 0 Å². The van der Waals surface area contributed by atoms with Gasteiger partial charge in [0, 0.05) is 20.0 Å². The minimum Gasteiger partial charge on any atom is -0.496 e. The zero-order valence-electron chi connectivity index (χ0n) is 15.0. The highest BCUT2D eigenvalue weighted by Crippen LogP contribution is 2.39. The van der Waals surface area contributed by atoms with Crippen molar-refractivity contribution in [1.29, 1.82) is 0 Å². The highest BCUT2D eigenvalue weighted by molar-refractivity contribution is 5.97. The average molecular weight is 348 g/mol. The molecule has 0 radical (unpaired) electrons. The van der Waals surface area contributed by atoms with E-state index in [0.29, 0.717) is 25.1 Å². The highest BCUT2D eigenvalue weighted by atomic mass is 19.1. The zero-order valence-corrected chi connectivity index (χ0v) is 15.0. The third-order valence-electron chi connectivity index (χ3n) is 5.85. The van der Waals surface area contributed by atoms with E-state index in [1.165, 1.54) is 25.3 Å². The van der Waals surface area contributed by atoms with Gasteiger partial charge < -0.3 is 14.5 Å². The van der Waals surface area contributed by atoms with Crippen molar-refractivity contribution in [3.8, 4) is 5.75 Å². The van der Waals surface area contributed by atoms with Gasteiger partial charge in [0.2, 0.25) is 5.91 Å². The second kappa shape index (κ2) is 6.65. The molecule has 6 heteroatoms. The summed E-state index contributed by atoms with van der Waals surface area (Å²) in [6.45, 7) is 2.67. The SMILES string of the molecule is COc1ccc(F)cc1C(=O)N1CCCC[C@@]2(C)[C@@H]1CCC(=O)N2C. The molecule has 0 N–H and O–H groups in total. The number of halogens is 1. The van der Waals surface area contributed by atoms with Crippen LogP contribution in [0.25, 0.3) is 0 Å². The van der Waals surface area contributed by atoms with E-state index in [4.69, 9.17) is 4.74 Å². The fourth-order valence-electron chi connectivity index (χ4n) is 4.24. The molecular weight excluding hydrogens is 323 g/mol. The summed E-state index contributed by atoms with van der Waals surface area (Å²) < 4.78 is 19.0. The number of hydrogen-bond donors (Lipinski definition) is 0. The van der Waals surface area contributed by atoms with Crippen LogP contribution in [-0.4, -0.2) is 53.9 Å². The second-order valence-electron chi connectivity index (χ2n) is 7.16. The zero-order chi connectivity index (χ0) is 18.2. The van der Waals surface area contributed by atoms with Gasteiger partial charge in [-0.05, 0) is 50.8 Å². The van der Waals surface area contributed by atoms with Gasteiger partial charge >= 0.3 is 0 Å². The molecule has 2 atom stereocenters. The fourth-order valence-corrected chi connectivity index (χ4v) is 4.24. The van der Waals surface area contributed by atoms with Crippen molar-refractivity contribution in [3.63, 3.8) is 0 Å². The number of amides is 2. The third kappa shape index (κ3) is 2.98. The molecule has 0 aliphatic carbocycles. The number of rotatable bonds is 2. The van der Waals surface area contributed by atoms with Crippen molar-refractivity contribution in [2.75, 3.05) is 20.7 Å². The maximum absolute atomic E-state index is 13.7. The van der Waals surface area contributed by atoms with Gasteiger partial charge in [-0.1, -0.05) is 0 Å². The average Bonchev–Trinajstić information content (AvgIpc) is 2.77. The molecule has 0 unspecified atom stereocenters. The van der Waals surface area contributed by atoms with E-state index in [1.807, 2.05) is 11.9 Å². The summed E-state index contributed by atoms with van der Waals surface area (Å²) in [6.07, 6.45) is 3.76. The lowest BCUT2D eigenvalue weighted by Crippen LogP contribution is -2.64. The van der Waals surface area contributed by atoms with Crippen LogP contribution in [0.4, 0.5) is 4.39 Å². The number of methoxy groups -OCH3 is 1. The van der Waals surface area contributed by atoms with Crippen molar-refractivity contribution in [1.82, 2.24) is 9.80 Å². The first-order valence-electron chi connectivity index (χ1n) is 8.79. The van der Waals surface area contributed by atoms with Gasteiger partial charge in [-0.25, -0.2) is 4.39 Å². The number of fused-ring (bicyclic) bond motifs is 1.